The molecule has 1 amide bonds. The summed E-state index contributed by atoms with van der Waals surface area (Å²) >= 11 is 3.12. The van der Waals surface area contributed by atoms with Gasteiger partial charge in [-0.05, 0) is 29.8 Å². The van der Waals surface area contributed by atoms with Gasteiger partial charge >= 0.3 is 5.97 Å². The molecule has 0 fully saturated rings. The van der Waals surface area contributed by atoms with Crippen LogP contribution in [0.5, 0.6) is 5.75 Å². The van der Waals surface area contributed by atoms with Crippen molar-refractivity contribution in [2.45, 2.75) is 11.3 Å². The summed E-state index contributed by atoms with van der Waals surface area (Å²) in [5.74, 6) is -2.53. The summed E-state index contributed by atoms with van der Waals surface area (Å²) in [6.07, 6.45) is 0.711. The molecule has 2 aromatic carbocycles. The first kappa shape index (κ1) is 20.8. The van der Waals surface area contributed by atoms with Crippen molar-refractivity contribution in [2.75, 3.05) is 18.2 Å². The molecule has 2 rings (SSSR count). The zero-order valence-corrected chi connectivity index (χ0v) is 16.4. The number of sulfone groups is 1. The maximum Gasteiger partial charge on any atom is 0.341 e. The third-order valence-electron chi connectivity index (χ3n) is 3.37. The van der Waals surface area contributed by atoms with E-state index in [1.807, 2.05) is 0 Å². The van der Waals surface area contributed by atoms with Crippen LogP contribution in [0.2, 0.25) is 0 Å². The van der Waals surface area contributed by atoms with Crippen LogP contribution in [0.15, 0.2) is 45.8 Å². The number of carboxylic acids is 1. The van der Waals surface area contributed by atoms with Crippen molar-refractivity contribution in [2.24, 2.45) is 0 Å². The maximum atomic E-state index is 13.9. The van der Waals surface area contributed by atoms with Crippen LogP contribution in [0, 0.1) is 5.82 Å². The molecule has 2 aromatic rings. The number of hydrogen-bond donors (Lipinski definition) is 2. The molecule has 0 aromatic heterocycles. The standard InChI is InChI=1S/C17H15BrFNO6S/c1-27(24,25)12-4-5-14(15(8-12)26-9-17(22)23)20-16(21)6-10-2-3-11(18)7-13(10)19/h2-5,7-8H,6,9H2,1H3,(H,20,21)(H,22,23). The minimum Gasteiger partial charge on any atom is -0.480 e. The van der Waals surface area contributed by atoms with E-state index in [-0.39, 0.29) is 28.3 Å². The van der Waals surface area contributed by atoms with Crippen LogP contribution in [0.4, 0.5) is 10.1 Å². The van der Waals surface area contributed by atoms with Gasteiger partial charge in [-0.25, -0.2) is 17.6 Å². The molecule has 2 N–H and O–H groups in total. The second kappa shape index (κ2) is 8.49. The Balaban J connectivity index is 2.24. The van der Waals surface area contributed by atoms with Gasteiger partial charge in [-0.2, -0.15) is 0 Å². The molecule has 0 aliphatic rings. The summed E-state index contributed by atoms with van der Waals surface area (Å²) in [5, 5.41) is 11.2. The molecule has 0 saturated carbocycles. The van der Waals surface area contributed by atoms with Crippen molar-refractivity contribution in [1.29, 1.82) is 0 Å². The first-order valence-electron chi connectivity index (χ1n) is 7.49. The molecular weight excluding hydrogens is 445 g/mol. The minimum atomic E-state index is -3.56. The fraction of sp³-hybridized carbons (Fsp3) is 0.176. The maximum absolute atomic E-state index is 13.9. The van der Waals surface area contributed by atoms with E-state index in [1.54, 1.807) is 6.07 Å². The number of carbonyl (C=O) groups is 2. The van der Waals surface area contributed by atoms with Gasteiger partial charge in [0.05, 0.1) is 17.0 Å². The molecule has 0 unspecified atom stereocenters. The molecule has 0 heterocycles. The zero-order chi connectivity index (χ0) is 20.2. The molecular formula is C17H15BrFNO6S. The van der Waals surface area contributed by atoms with Crippen LogP contribution >= 0.6 is 15.9 Å². The Labute approximate surface area is 163 Å². The molecule has 7 nitrogen and oxygen atoms in total. The van der Waals surface area contributed by atoms with Crippen LogP contribution < -0.4 is 10.1 Å². The first-order chi connectivity index (χ1) is 12.6. The molecule has 10 heteroatoms. The number of benzene rings is 2. The van der Waals surface area contributed by atoms with Gasteiger partial charge in [0.25, 0.3) is 0 Å². The summed E-state index contributed by atoms with van der Waals surface area (Å²) in [4.78, 5) is 22.8. The van der Waals surface area contributed by atoms with Crippen LogP contribution in [-0.2, 0) is 25.8 Å². The molecule has 144 valence electrons. The van der Waals surface area contributed by atoms with Gasteiger partial charge in [0.15, 0.2) is 16.4 Å². The molecule has 0 aliphatic carbocycles. The SMILES string of the molecule is CS(=O)(=O)c1ccc(NC(=O)Cc2ccc(Br)cc2F)c(OCC(=O)O)c1. The van der Waals surface area contributed by atoms with E-state index in [4.69, 9.17) is 9.84 Å². The third-order valence-corrected chi connectivity index (χ3v) is 4.98. The Kier molecular flexibility index (Phi) is 6.55. The Morgan fingerprint density at radius 2 is 1.93 bits per heavy atom. The Morgan fingerprint density at radius 3 is 2.52 bits per heavy atom. The molecule has 0 spiro atoms. The van der Waals surface area contributed by atoms with E-state index in [0.29, 0.717) is 4.47 Å². The largest absolute Gasteiger partial charge is 0.480 e. The lowest BCUT2D eigenvalue weighted by Gasteiger charge is -2.13. The number of ether oxygens (including phenoxy) is 1. The third kappa shape index (κ3) is 6.04. The number of rotatable bonds is 7. The highest BCUT2D eigenvalue weighted by Crippen LogP contribution is 2.28. The smallest absolute Gasteiger partial charge is 0.341 e. The van der Waals surface area contributed by atoms with Gasteiger partial charge in [-0.1, -0.05) is 22.0 Å². The number of anilines is 1. The number of halogens is 2. The molecule has 0 saturated heterocycles. The highest BCUT2D eigenvalue weighted by atomic mass is 79.9. The average molecular weight is 460 g/mol. The zero-order valence-electron chi connectivity index (χ0n) is 14.0. The van der Waals surface area contributed by atoms with Crippen LogP contribution in [0.1, 0.15) is 5.56 Å². The normalized spacial score (nSPS) is 11.1. The fourth-order valence-corrected chi connectivity index (χ4v) is 3.10. The summed E-state index contributed by atoms with van der Waals surface area (Å²) in [6, 6.07) is 7.92. The Morgan fingerprint density at radius 1 is 1.22 bits per heavy atom. The van der Waals surface area contributed by atoms with E-state index in [2.05, 4.69) is 21.2 Å². The van der Waals surface area contributed by atoms with Gasteiger partial charge in [0.1, 0.15) is 11.6 Å². The van der Waals surface area contributed by atoms with Crippen molar-refractivity contribution in [3.05, 3.63) is 52.3 Å². The molecule has 0 radical (unpaired) electrons. The lowest BCUT2D eigenvalue weighted by molar-refractivity contribution is -0.139. The monoisotopic (exact) mass is 459 g/mol. The Hall–Kier alpha value is -2.46. The molecule has 0 atom stereocenters. The number of carboxylic acid groups (broad SMARTS) is 1. The van der Waals surface area contributed by atoms with Crippen molar-refractivity contribution >= 4 is 43.3 Å². The Bertz CT molecular complexity index is 993. The summed E-state index contributed by atoms with van der Waals surface area (Å²) in [5.41, 5.74) is 0.239. The topological polar surface area (TPSA) is 110 Å². The molecule has 0 bridgehead atoms. The van der Waals surface area contributed by atoms with Crippen LogP contribution in [0.25, 0.3) is 0 Å². The van der Waals surface area contributed by atoms with Crippen molar-refractivity contribution in [3.8, 4) is 5.75 Å². The number of aliphatic carboxylic acids is 1. The lowest BCUT2D eigenvalue weighted by atomic mass is 10.1. The molecule has 27 heavy (non-hydrogen) atoms. The average Bonchev–Trinajstić information content (AvgIpc) is 2.55. The number of amides is 1. The lowest BCUT2D eigenvalue weighted by Crippen LogP contribution is -2.17. The number of hydrogen-bond acceptors (Lipinski definition) is 5. The van der Waals surface area contributed by atoms with E-state index in [0.717, 1.165) is 12.3 Å². The van der Waals surface area contributed by atoms with Crippen LogP contribution in [-0.4, -0.2) is 38.3 Å². The van der Waals surface area contributed by atoms with E-state index in [9.17, 15) is 22.4 Å². The van der Waals surface area contributed by atoms with Gasteiger partial charge < -0.3 is 15.2 Å². The van der Waals surface area contributed by atoms with E-state index in [1.165, 1.54) is 24.3 Å². The van der Waals surface area contributed by atoms with Gasteiger partial charge in [0, 0.05) is 16.8 Å². The predicted molar refractivity (Wildman–Crippen MR) is 99.1 cm³/mol. The predicted octanol–water partition coefficient (Wildman–Crippen LogP) is 2.64. The molecule has 0 aliphatic heterocycles. The summed E-state index contributed by atoms with van der Waals surface area (Å²) in [6.45, 7) is -0.725. The fourth-order valence-electron chi connectivity index (χ4n) is 2.13. The van der Waals surface area contributed by atoms with Crippen molar-refractivity contribution in [1.82, 2.24) is 0 Å². The first-order valence-corrected chi connectivity index (χ1v) is 10.2. The van der Waals surface area contributed by atoms with Gasteiger partial charge in [0.2, 0.25) is 5.91 Å². The highest BCUT2D eigenvalue weighted by molar-refractivity contribution is 9.10. The highest BCUT2D eigenvalue weighted by Gasteiger charge is 2.16. The van der Waals surface area contributed by atoms with Crippen LogP contribution in [0.3, 0.4) is 0 Å². The van der Waals surface area contributed by atoms with Gasteiger partial charge in [-0.3, -0.25) is 4.79 Å². The summed E-state index contributed by atoms with van der Waals surface area (Å²) < 4.78 is 42.8. The number of nitrogens with one attached hydrogen (secondary N) is 1. The minimum absolute atomic E-state index is 0.0752. The second-order valence-corrected chi connectivity index (χ2v) is 8.50. The second-order valence-electron chi connectivity index (χ2n) is 5.57. The van der Waals surface area contributed by atoms with Crippen molar-refractivity contribution in [3.63, 3.8) is 0 Å². The summed E-state index contributed by atoms with van der Waals surface area (Å²) in [7, 11) is -3.56. The van der Waals surface area contributed by atoms with E-state index < -0.39 is 34.1 Å². The van der Waals surface area contributed by atoms with Crippen molar-refractivity contribution < 1.29 is 32.2 Å². The van der Waals surface area contributed by atoms with Gasteiger partial charge in [-0.15, -0.1) is 0 Å². The van der Waals surface area contributed by atoms with E-state index >= 15 is 0 Å². The quantitative estimate of drug-likeness (QED) is 0.658. The number of carbonyl (C=O) groups excluding carboxylic acids is 1.